The van der Waals surface area contributed by atoms with Crippen LogP contribution < -0.4 is 10.1 Å². The van der Waals surface area contributed by atoms with Crippen LogP contribution in [0.25, 0.3) is 11.8 Å². The molecular weight excluding hydrogens is 374 g/mol. The minimum atomic E-state index is -0.386. The summed E-state index contributed by atoms with van der Waals surface area (Å²) < 4.78 is 7.32. The number of aromatic nitrogens is 1. The molecule has 0 spiro atoms. The normalized spacial score (nSPS) is 12.2. The van der Waals surface area contributed by atoms with Crippen molar-refractivity contribution in [2.24, 2.45) is 0 Å². The molecule has 1 N–H and O–H groups in total. The molecule has 1 atom stereocenters. The highest BCUT2D eigenvalue weighted by atomic mass is 16.5. The summed E-state index contributed by atoms with van der Waals surface area (Å²) >= 11 is 0. The van der Waals surface area contributed by atoms with Gasteiger partial charge in [-0.1, -0.05) is 30.3 Å². The molecule has 1 aromatic heterocycles. The van der Waals surface area contributed by atoms with E-state index in [-0.39, 0.29) is 17.5 Å². The molecule has 3 rings (SSSR count). The summed E-state index contributed by atoms with van der Waals surface area (Å²) in [6, 6.07) is 21.3. The molecule has 5 heteroatoms. The fraction of sp³-hybridized carbons (Fsp3) is 0.200. The van der Waals surface area contributed by atoms with Crippen molar-refractivity contribution in [1.29, 1.82) is 5.26 Å². The van der Waals surface area contributed by atoms with E-state index in [2.05, 4.69) is 9.88 Å². The van der Waals surface area contributed by atoms with E-state index in [9.17, 15) is 10.1 Å². The number of amides is 1. The van der Waals surface area contributed by atoms with Crippen LogP contribution in [0.15, 0.2) is 66.2 Å². The molecule has 0 bridgehead atoms. The number of rotatable bonds is 6. The van der Waals surface area contributed by atoms with E-state index in [0.29, 0.717) is 0 Å². The van der Waals surface area contributed by atoms with E-state index < -0.39 is 0 Å². The number of carbonyl (C=O) groups is 1. The van der Waals surface area contributed by atoms with Crippen molar-refractivity contribution in [1.82, 2.24) is 9.88 Å². The van der Waals surface area contributed by atoms with Crippen LogP contribution in [0.2, 0.25) is 0 Å². The first-order valence-corrected chi connectivity index (χ1v) is 9.75. The van der Waals surface area contributed by atoms with Crippen molar-refractivity contribution in [3.63, 3.8) is 0 Å². The van der Waals surface area contributed by atoms with Gasteiger partial charge in [0, 0.05) is 17.1 Å². The zero-order chi connectivity index (χ0) is 21.7. The largest absolute Gasteiger partial charge is 0.497 e. The van der Waals surface area contributed by atoms with Crippen LogP contribution in [0.5, 0.6) is 5.75 Å². The Morgan fingerprint density at radius 1 is 1.13 bits per heavy atom. The lowest BCUT2D eigenvalue weighted by atomic mass is 10.1. The van der Waals surface area contributed by atoms with Crippen molar-refractivity contribution in [2.45, 2.75) is 26.8 Å². The molecule has 0 radical (unpaired) electrons. The van der Waals surface area contributed by atoms with Crippen LogP contribution in [0.4, 0.5) is 0 Å². The predicted octanol–water partition coefficient (Wildman–Crippen LogP) is 4.89. The topological polar surface area (TPSA) is 67.0 Å². The fourth-order valence-electron chi connectivity index (χ4n) is 3.47. The van der Waals surface area contributed by atoms with Crippen molar-refractivity contribution in [3.8, 4) is 17.5 Å². The SMILES string of the molecule is COc1ccc(-n2c(C)cc(/C=C(\C#N)C(=O)N[C@H](C)c3ccccc3)c2C)cc1. The zero-order valence-electron chi connectivity index (χ0n) is 17.6. The first-order valence-electron chi connectivity index (χ1n) is 9.75. The number of aryl methyl sites for hydroxylation is 1. The Kier molecular flexibility index (Phi) is 6.38. The molecular formula is C25H25N3O2. The van der Waals surface area contributed by atoms with Gasteiger partial charge in [0.2, 0.25) is 0 Å². The Morgan fingerprint density at radius 3 is 2.40 bits per heavy atom. The standard InChI is InChI=1S/C25H25N3O2/c1-17-14-21(19(3)28(17)23-10-12-24(30-4)13-11-23)15-22(16-26)25(29)27-18(2)20-8-6-5-7-9-20/h5-15,18H,1-4H3,(H,27,29)/b22-15+/t18-/m1/s1. The summed E-state index contributed by atoms with van der Waals surface area (Å²) in [4.78, 5) is 12.7. The van der Waals surface area contributed by atoms with E-state index in [4.69, 9.17) is 4.74 Å². The maximum Gasteiger partial charge on any atom is 0.262 e. The van der Waals surface area contributed by atoms with Gasteiger partial charge in [0.05, 0.1) is 13.2 Å². The Morgan fingerprint density at radius 2 is 1.80 bits per heavy atom. The quantitative estimate of drug-likeness (QED) is 0.474. The highest BCUT2D eigenvalue weighted by molar-refractivity contribution is 6.02. The summed E-state index contributed by atoms with van der Waals surface area (Å²) in [6.45, 7) is 5.87. The third-order valence-corrected chi connectivity index (χ3v) is 5.11. The molecule has 3 aromatic rings. The Balaban J connectivity index is 1.87. The molecule has 0 aliphatic heterocycles. The number of nitriles is 1. The molecule has 152 valence electrons. The maximum absolute atomic E-state index is 12.7. The lowest BCUT2D eigenvalue weighted by molar-refractivity contribution is -0.117. The van der Waals surface area contributed by atoms with Crippen LogP contribution in [0, 0.1) is 25.2 Å². The number of nitrogens with one attached hydrogen (secondary N) is 1. The molecule has 0 saturated heterocycles. The van der Waals surface area contributed by atoms with Gasteiger partial charge in [-0.25, -0.2) is 0 Å². The van der Waals surface area contributed by atoms with Gasteiger partial charge < -0.3 is 14.6 Å². The Bertz CT molecular complexity index is 1100. The van der Waals surface area contributed by atoms with Gasteiger partial charge in [0.1, 0.15) is 17.4 Å². The molecule has 2 aromatic carbocycles. The van der Waals surface area contributed by atoms with Gasteiger partial charge in [-0.15, -0.1) is 0 Å². The lowest BCUT2D eigenvalue weighted by Gasteiger charge is -2.13. The summed E-state index contributed by atoms with van der Waals surface area (Å²) in [5.74, 6) is 0.403. The second-order valence-electron chi connectivity index (χ2n) is 7.14. The number of hydrogen-bond donors (Lipinski definition) is 1. The van der Waals surface area contributed by atoms with Gasteiger partial charge in [-0.2, -0.15) is 5.26 Å². The van der Waals surface area contributed by atoms with Gasteiger partial charge in [0.25, 0.3) is 5.91 Å². The van der Waals surface area contributed by atoms with Crippen molar-refractivity contribution in [2.75, 3.05) is 7.11 Å². The first kappa shape index (κ1) is 20.9. The number of nitrogens with zero attached hydrogens (tertiary/aromatic N) is 2. The van der Waals surface area contributed by atoms with E-state index in [1.807, 2.05) is 87.5 Å². The van der Waals surface area contributed by atoms with E-state index in [0.717, 1.165) is 34.0 Å². The number of carbonyl (C=O) groups excluding carboxylic acids is 1. The van der Waals surface area contributed by atoms with Crippen LogP contribution in [0.3, 0.4) is 0 Å². The van der Waals surface area contributed by atoms with Gasteiger partial charge in [0.15, 0.2) is 0 Å². The average molecular weight is 399 g/mol. The Labute approximate surface area is 177 Å². The van der Waals surface area contributed by atoms with E-state index in [1.54, 1.807) is 13.2 Å². The van der Waals surface area contributed by atoms with E-state index >= 15 is 0 Å². The summed E-state index contributed by atoms with van der Waals surface area (Å²) in [5, 5.41) is 12.5. The van der Waals surface area contributed by atoms with E-state index in [1.165, 1.54) is 0 Å². The highest BCUT2D eigenvalue weighted by Crippen LogP contribution is 2.24. The van der Waals surface area contributed by atoms with Gasteiger partial charge in [-0.3, -0.25) is 4.79 Å². The second-order valence-corrected chi connectivity index (χ2v) is 7.14. The molecule has 0 aliphatic rings. The van der Waals surface area contributed by atoms with Crippen molar-refractivity contribution in [3.05, 3.63) is 88.8 Å². The van der Waals surface area contributed by atoms with Crippen LogP contribution in [0.1, 0.15) is 35.5 Å². The summed E-state index contributed by atoms with van der Waals surface area (Å²) in [7, 11) is 1.64. The van der Waals surface area contributed by atoms with Crippen molar-refractivity contribution < 1.29 is 9.53 Å². The molecule has 5 nitrogen and oxygen atoms in total. The van der Waals surface area contributed by atoms with Gasteiger partial charge in [-0.05, 0) is 68.3 Å². The summed E-state index contributed by atoms with van der Waals surface area (Å²) in [6.07, 6.45) is 1.65. The third-order valence-electron chi connectivity index (χ3n) is 5.11. The number of hydrogen-bond acceptors (Lipinski definition) is 3. The van der Waals surface area contributed by atoms with Crippen LogP contribution >= 0.6 is 0 Å². The third kappa shape index (κ3) is 4.44. The van der Waals surface area contributed by atoms with Gasteiger partial charge >= 0.3 is 0 Å². The average Bonchev–Trinajstić information content (AvgIpc) is 3.05. The van der Waals surface area contributed by atoms with Crippen molar-refractivity contribution >= 4 is 12.0 Å². The summed E-state index contributed by atoms with van der Waals surface area (Å²) in [5.41, 5.74) is 4.86. The monoisotopic (exact) mass is 399 g/mol. The fourth-order valence-corrected chi connectivity index (χ4v) is 3.47. The number of benzene rings is 2. The molecule has 1 amide bonds. The molecule has 0 saturated carbocycles. The smallest absolute Gasteiger partial charge is 0.262 e. The number of methoxy groups -OCH3 is 1. The van der Waals surface area contributed by atoms with Crippen LogP contribution in [-0.4, -0.2) is 17.6 Å². The lowest BCUT2D eigenvalue weighted by Crippen LogP contribution is -2.27. The molecule has 0 fully saturated rings. The molecule has 1 heterocycles. The highest BCUT2D eigenvalue weighted by Gasteiger charge is 2.16. The molecule has 0 unspecified atom stereocenters. The zero-order valence-corrected chi connectivity index (χ0v) is 17.6. The Hall–Kier alpha value is -3.78. The molecule has 0 aliphatic carbocycles. The maximum atomic E-state index is 12.7. The minimum absolute atomic E-state index is 0.0766. The second kappa shape index (κ2) is 9.15. The first-order chi connectivity index (χ1) is 14.4. The molecule has 30 heavy (non-hydrogen) atoms. The predicted molar refractivity (Wildman–Crippen MR) is 118 cm³/mol. The van der Waals surface area contributed by atoms with Crippen LogP contribution in [-0.2, 0) is 4.79 Å². The minimum Gasteiger partial charge on any atom is -0.497 e. The number of ether oxygens (including phenoxy) is 1.